The molecule has 0 N–H and O–H groups in total. The van der Waals surface area contributed by atoms with Gasteiger partial charge >= 0.3 is 0 Å². The number of amides is 1. The molecule has 3 rings (SSSR count). The third kappa shape index (κ3) is 4.07. The molecular weight excluding hydrogens is 296 g/mol. The van der Waals surface area contributed by atoms with Gasteiger partial charge in [-0.15, -0.1) is 11.3 Å². The average molecular weight is 322 g/mol. The molecule has 2 fully saturated rings. The smallest absolute Gasteiger partial charge is 0.222 e. The van der Waals surface area contributed by atoms with Crippen LogP contribution < -0.4 is 0 Å². The fourth-order valence-electron chi connectivity index (χ4n) is 3.44. The number of carbonyl (C=O) groups is 1. The topological polar surface area (TPSA) is 42.4 Å². The Kier molecular flexibility index (Phi) is 5.47. The number of carbonyl (C=O) groups excluding carboxylic acids is 1. The molecule has 22 heavy (non-hydrogen) atoms. The molecule has 2 atom stereocenters. The molecule has 2 unspecified atom stereocenters. The highest BCUT2D eigenvalue weighted by atomic mass is 32.1. The Hall–Kier alpha value is -0.940. The standard InChI is InChI=1S/C17H26N2O2S/c1-13-12-22-17(18-13)14-5-4-9-19(11-14)16(20)8-7-15-6-2-3-10-21-15/h12,14-15H,2-11H2,1H3. The van der Waals surface area contributed by atoms with Crippen LogP contribution in [0.15, 0.2) is 5.38 Å². The second kappa shape index (κ2) is 7.55. The Morgan fingerprint density at radius 3 is 3.05 bits per heavy atom. The van der Waals surface area contributed by atoms with Crippen LogP contribution in [0.3, 0.4) is 0 Å². The van der Waals surface area contributed by atoms with Crippen LogP contribution in [0.1, 0.15) is 61.6 Å². The summed E-state index contributed by atoms with van der Waals surface area (Å²) >= 11 is 1.74. The lowest BCUT2D eigenvalue weighted by Gasteiger charge is -2.32. The van der Waals surface area contributed by atoms with Crippen molar-refractivity contribution < 1.29 is 9.53 Å². The molecule has 3 heterocycles. The van der Waals surface area contributed by atoms with Gasteiger partial charge in [0.25, 0.3) is 0 Å². The number of hydrogen-bond acceptors (Lipinski definition) is 4. The third-order valence-electron chi connectivity index (χ3n) is 4.71. The number of thiazole rings is 1. The van der Waals surface area contributed by atoms with E-state index in [9.17, 15) is 4.79 Å². The lowest BCUT2D eigenvalue weighted by molar-refractivity contribution is -0.133. The Balaban J connectivity index is 1.49. The van der Waals surface area contributed by atoms with Gasteiger partial charge in [-0.1, -0.05) is 0 Å². The maximum atomic E-state index is 12.5. The number of aryl methyl sites for hydroxylation is 1. The van der Waals surface area contributed by atoms with Gasteiger partial charge in [-0.3, -0.25) is 4.79 Å². The molecule has 0 aromatic carbocycles. The first-order valence-electron chi connectivity index (χ1n) is 8.54. The average Bonchev–Trinajstić information content (AvgIpc) is 3.00. The molecule has 0 spiro atoms. The van der Waals surface area contributed by atoms with Crippen LogP contribution in [0, 0.1) is 6.92 Å². The number of aromatic nitrogens is 1. The van der Waals surface area contributed by atoms with Crippen LogP contribution in [-0.4, -0.2) is 41.6 Å². The summed E-state index contributed by atoms with van der Waals surface area (Å²) < 4.78 is 5.73. The van der Waals surface area contributed by atoms with E-state index >= 15 is 0 Å². The largest absolute Gasteiger partial charge is 0.378 e. The van der Waals surface area contributed by atoms with Crippen molar-refractivity contribution >= 4 is 17.2 Å². The van der Waals surface area contributed by atoms with E-state index in [4.69, 9.17) is 4.74 Å². The predicted octanol–water partition coefficient (Wildman–Crippen LogP) is 3.51. The summed E-state index contributed by atoms with van der Waals surface area (Å²) in [5.74, 6) is 0.731. The van der Waals surface area contributed by atoms with Crippen LogP contribution in [0.2, 0.25) is 0 Å². The highest BCUT2D eigenvalue weighted by Crippen LogP contribution is 2.29. The van der Waals surface area contributed by atoms with Gasteiger partial charge in [0.15, 0.2) is 0 Å². The van der Waals surface area contributed by atoms with Crippen LogP contribution >= 0.6 is 11.3 Å². The molecule has 122 valence electrons. The number of ether oxygens (including phenoxy) is 1. The van der Waals surface area contributed by atoms with Gasteiger partial charge in [0.05, 0.1) is 11.1 Å². The van der Waals surface area contributed by atoms with E-state index in [0.717, 1.165) is 51.1 Å². The zero-order valence-electron chi connectivity index (χ0n) is 13.4. The predicted molar refractivity (Wildman–Crippen MR) is 88.2 cm³/mol. The molecule has 2 saturated heterocycles. The molecule has 2 aliphatic heterocycles. The Bertz CT molecular complexity index is 497. The molecular formula is C17H26N2O2S. The number of piperidine rings is 1. The van der Waals surface area contributed by atoms with E-state index in [2.05, 4.69) is 10.4 Å². The molecule has 0 radical (unpaired) electrons. The van der Waals surface area contributed by atoms with E-state index < -0.39 is 0 Å². The maximum absolute atomic E-state index is 12.5. The number of rotatable bonds is 4. The molecule has 0 bridgehead atoms. The highest BCUT2D eigenvalue weighted by molar-refractivity contribution is 7.09. The second-order valence-corrected chi connectivity index (χ2v) is 7.42. The van der Waals surface area contributed by atoms with Gasteiger partial charge in [-0.2, -0.15) is 0 Å². The van der Waals surface area contributed by atoms with E-state index in [0.29, 0.717) is 24.3 Å². The van der Waals surface area contributed by atoms with Gasteiger partial charge in [-0.25, -0.2) is 4.98 Å². The van der Waals surface area contributed by atoms with Crippen molar-refractivity contribution in [1.82, 2.24) is 9.88 Å². The second-order valence-electron chi connectivity index (χ2n) is 6.53. The Morgan fingerprint density at radius 1 is 1.41 bits per heavy atom. The minimum atomic E-state index is 0.298. The lowest BCUT2D eigenvalue weighted by atomic mass is 9.97. The van der Waals surface area contributed by atoms with Gasteiger partial charge < -0.3 is 9.64 Å². The minimum Gasteiger partial charge on any atom is -0.378 e. The van der Waals surface area contributed by atoms with E-state index in [-0.39, 0.29) is 0 Å². The van der Waals surface area contributed by atoms with E-state index in [1.54, 1.807) is 11.3 Å². The van der Waals surface area contributed by atoms with Crippen molar-refractivity contribution in [2.45, 2.75) is 63.9 Å². The number of hydrogen-bond donors (Lipinski definition) is 0. The van der Waals surface area contributed by atoms with Crippen molar-refractivity contribution in [2.24, 2.45) is 0 Å². The van der Waals surface area contributed by atoms with Crippen LogP contribution in [-0.2, 0) is 9.53 Å². The maximum Gasteiger partial charge on any atom is 0.222 e. The van der Waals surface area contributed by atoms with E-state index in [1.165, 1.54) is 17.8 Å². The van der Waals surface area contributed by atoms with Gasteiger partial charge in [0.2, 0.25) is 5.91 Å². The van der Waals surface area contributed by atoms with Crippen LogP contribution in [0.4, 0.5) is 0 Å². The normalized spacial score (nSPS) is 26.1. The van der Waals surface area contributed by atoms with Crippen molar-refractivity contribution in [3.05, 3.63) is 16.1 Å². The summed E-state index contributed by atoms with van der Waals surface area (Å²) in [4.78, 5) is 19.1. The van der Waals surface area contributed by atoms with Crippen LogP contribution in [0.25, 0.3) is 0 Å². The number of nitrogens with zero attached hydrogens (tertiary/aromatic N) is 2. The SMILES string of the molecule is Cc1csc(C2CCCN(C(=O)CCC3CCCCO3)C2)n1. The molecule has 5 heteroatoms. The molecule has 1 amide bonds. The fourth-order valence-corrected chi connectivity index (χ4v) is 4.37. The zero-order valence-corrected chi connectivity index (χ0v) is 14.2. The molecule has 2 aliphatic rings. The highest BCUT2D eigenvalue weighted by Gasteiger charge is 2.27. The monoisotopic (exact) mass is 322 g/mol. The zero-order chi connectivity index (χ0) is 15.4. The fraction of sp³-hybridized carbons (Fsp3) is 0.765. The summed E-state index contributed by atoms with van der Waals surface area (Å²) in [5.41, 5.74) is 1.10. The molecule has 1 aromatic heterocycles. The van der Waals surface area contributed by atoms with Crippen molar-refractivity contribution in [3.63, 3.8) is 0 Å². The van der Waals surface area contributed by atoms with Crippen molar-refractivity contribution in [1.29, 1.82) is 0 Å². The quantitative estimate of drug-likeness (QED) is 0.852. The van der Waals surface area contributed by atoms with Crippen molar-refractivity contribution in [2.75, 3.05) is 19.7 Å². The first-order chi connectivity index (χ1) is 10.7. The van der Waals surface area contributed by atoms with Crippen molar-refractivity contribution in [3.8, 4) is 0 Å². The van der Waals surface area contributed by atoms with Gasteiger partial charge in [-0.05, 0) is 45.4 Å². The Morgan fingerprint density at radius 2 is 2.32 bits per heavy atom. The summed E-state index contributed by atoms with van der Waals surface area (Å²) in [6.07, 6.45) is 7.61. The summed E-state index contributed by atoms with van der Waals surface area (Å²) in [6.45, 7) is 4.66. The molecule has 1 aromatic rings. The summed E-state index contributed by atoms with van der Waals surface area (Å²) in [6, 6.07) is 0. The Labute approximate surface area is 136 Å². The molecule has 0 saturated carbocycles. The lowest BCUT2D eigenvalue weighted by Crippen LogP contribution is -2.39. The molecule has 4 nitrogen and oxygen atoms in total. The number of likely N-dealkylation sites (tertiary alicyclic amines) is 1. The van der Waals surface area contributed by atoms with Gasteiger partial charge in [0.1, 0.15) is 0 Å². The third-order valence-corrected chi connectivity index (χ3v) is 5.84. The summed E-state index contributed by atoms with van der Waals surface area (Å²) in [5, 5.41) is 3.31. The molecule has 0 aliphatic carbocycles. The minimum absolute atomic E-state index is 0.298. The van der Waals surface area contributed by atoms with Gasteiger partial charge in [0, 0.05) is 43.1 Å². The first-order valence-corrected chi connectivity index (χ1v) is 9.42. The van der Waals surface area contributed by atoms with E-state index in [1.807, 2.05) is 11.8 Å². The summed E-state index contributed by atoms with van der Waals surface area (Å²) in [7, 11) is 0. The first kappa shape index (κ1) is 15.9. The van der Waals surface area contributed by atoms with Crippen LogP contribution in [0.5, 0.6) is 0 Å².